The van der Waals surface area contributed by atoms with Crippen molar-refractivity contribution >= 4 is 22.6 Å². The van der Waals surface area contributed by atoms with Gasteiger partial charge in [-0.15, -0.1) is 0 Å². The molecule has 1 spiro atoms. The number of ether oxygens (including phenoxy) is 1. The zero-order chi connectivity index (χ0) is 21.4. The number of piperidine rings is 1. The highest BCUT2D eigenvalue weighted by Crippen LogP contribution is 2.48. The summed E-state index contributed by atoms with van der Waals surface area (Å²) in [6, 6.07) is 0.0472. The number of alkyl halides is 2. The van der Waals surface area contributed by atoms with Crippen LogP contribution in [0.15, 0.2) is 12.4 Å². The van der Waals surface area contributed by atoms with Gasteiger partial charge in [0.05, 0.1) is 24.0 Å². The van der Waals surface area contributed by atoms with Crippen LogP contribution in [-0.2, 0) is 4.74 Å². The van der Waals surface area contributed by atoms with Crippen molar-refractivity contribution in [2.75, 3.05) is 24.6 Å². The summed E-state index contributed by atoms with van der Waals surface area (Å²) in [5.41, 5.74) is 8.08. The smallest absolute Gasteiger partial charge is 0.263 e. The van der Waals surface area contributed by atoms with E-state index in [0.717, 1.165) is 31.9 Å². The van der Waals surface area contributed by atoms with Crippen molar-refractivity contribution in [3.8, 4) is 11.8 Å². The number of H-pyrrole nitrogens is 1. The Labute approximate surface area is 177 Å². The normalized spacial score (nSPS) is 28.9. The third kappa shape index (κ3) is 2.83. The molecule has 2 saturated heterocycles. The van der Waals surface area contributed by atoms with Gasteiger partial charge in [0.25, 0.3) is 5.92 Å². The lowest BCUT2D eigenvalue weighted by Crippen LogP contribution is -2.51. The van der Waals surface area contributed by atoms with E-state index in [1.165, 1.54) is 0 Å². The minimum absolute atomic E-state index is 0.0235. The number of nitrogens with one attached hydrogen (secondary N) is 1. The molecule has 1 unspecified atom stereocenters. The summed E-state index contributed by atoms with van der Waals surface area (Å²) in [6.07, 6.45) is 5.32. The summed E-state index contributed by atoms with van der Waals surface area (Å²) in [7, 11) is 0. The van der Waals surface area contributed by atoms with Crippen molar-refractivity contribution in [1.29, 1.82) is 0 Å². The van der Waals surface area contributed by atoms with Crippen LogP contribution in [0.4, 0.5) is 14.7 Å². The van der Waals surface area contributed by atoms with Crippen LogP contribution in [0.2, 0.25) is 0 Å². The molecule has 0 amide bonds. The van der Waals surface area contributed by atoms with Gasteiger partial charge >= 0.3 is 0 Å². The minimum atomic E-state index is -2.68. The maximum Gasteiger partial charge on any atom is 0.263 e. The lowest BCUT2D eigenvalue weighted by Gasteiger charge is -2.41. The quantitative estimate of drug-likeness (QED) is 0.576. The van der Waals surface area contributed by atoms with Gasteiger partial charge in [-0.1, -0.05) is 5.92 Å². The molecule has 8 nitrogen and oxygen atoms in total. The summed E-state index contributed by atoms with van der Waals surface area (Å²) in [5.74, 6) is 2.63. The standard InChI is InChI=1S/C21H23F2N7O/c1-12-16(24)20(11-31-12)4-7-29(8-5-20)19-26-17-15(18-25-6-9-30(18)19)14(27-28-17)3-2-13-10-21(13,22)23/h6,9,12-13,16H,4-5,7-8,10-11,24H2,1H3,(H,27,28)/t12-,13?,16+/m0/s1. The summed E-state index contributed by atoms with van der Waals surface area (Å²) in [5, 5.41) is 7.78. The first-order chi connectivity index (χ1) is 14.9. The van der Waals surface area contributed by atoms with Crippen LogP contribution in [0.3, 0.4) is 0 Å². The molecular formula is C21H23F2N7O. The molecule has 31 heavy (non-hydrogen) atoms. The van der Waals surface area contributed by atoms with Crippen molar-refractivity contribution in [3.63, 3.8) is 0 Å². The maximum absolute atomic E-state index is 13.2. The molecule has 1 saturated carbocycles. The van der Waals surface area contributed by atoms with Crippen LogP contribution >= 0.6 is 0 Å². The van der Waals surface area contributed by atoms with E-state index in [-0.39, 0.29) is 24.0 Å². The van der Waals surface area contributed by atoms with Gasteiger partial charge in [0.1, 0.15) is 5.69 Å². The van der Waals surface area contributed by atoms with E-state index in [4.69, 9.17) is 15.5 Å². The van der Waals surface area contributed by atoms with Crippen LogP contribution < -0.4 is 10.6 Å². The third-order valence-electron chi connectivity index (χ3n) is 7.12. The number of nitrogens with zero attached hydrogens (tertiary/aromatic N) is 5. The first kappa shape index (κ1) is 19.0. The summed E-state index contributed by atoms with van der Waals surface area (Å²) >= 11 is 0. The number of nitrogens with two attached hydrogens (primary N) is 1. The predicted octanol–water partition coefficient (Wildman–Crippen LogP) is 1.94. The van der Waals surface area contributed by atoms with E-state index in [1.807, 2.05) is 17.5 Å². The number of fused-ring (bicyclic) bond motifs is 3. The first-order valence-electron chi connectivity index (χ1n) is 10.6. The molecule has 3 fully saturated rings. The SMILES string of the molecule is C[C@@H]1OCC2(CCN(c3nc4[nH]nc(C#CC5CC5(F)F)c4c4nccn34)CC2)[C@@H]1N. The van der Waals surface area contributed by atoms with Crippen molar-refractivity contribution in [2.24, 2.45) is 17.1 Å². The highest BCUT2D eigenvalue weighted by Gasteiger charge is 2.56. The fourth-order valence-electron chi connectivity index (χ4n) is 4.89. The zero-order valence-electron chi connectivity index (χ0n) is 17.1. The Morgan fingerprint density at radius 2 is 2.10 bits per heavy atom. The van der Waals surface area contributed by atoms with Gasteiger partial charge < -0.3 is 15.4 Å². The monoisotopic (exact) mass is 427 g/mol. The molecule has 3 aromatic rings. The van der Waals surface area contributed by atoms with E-state index in [9.17, 15) is 8.78 Å². The third-order valence-corrected chi connectivity index (χ3v) is 7.12. The van der Waals surface area contributed by atoms with Crippen LogP contribution in [0, 0.1) is 23.2 Å². The molecule has 10 heteroatoms. The average molecular weight is 427 g/mol. The van der Waals surface area contributed by atoms with Gasteiger partial charge in [-0.2, -0.15) is 10.1 Å². The Hall–Kier alpha value is -2.77. The molecule has 3 aromatic heterocycles. The van der Waals surface area contributed by atoms with Gasteiger partial charge in [0.2, 0.25) is 5.95 Å². The molecule has 0 aromatic carbocycles. The molecule has 3 N–H and O–H groups in total. The van der Waals surface area contributed by atoms with Gasteiger partial charge in [-0.25, -0.2) is 13.8 Å². The number of hydrogen-bond donors (Lipinski definition) is 2. The molecule has 1 aliphatic carbocycles. The Bertz CT molecular complexity index is 1230. The Morgan fingerprint density at radius 3 is 2.77 bits per heavy atom. The number of imidazole rings is 1. The highest BCUT2D eigenvalue weighted by atomic mass is 19.3. The van der Waals surface area contributed by atoms with Gasteiger partial charge in [0.15, 0.2) is 11.3 Å². The molecule has 6 rings (SSSR count). The molecule has 3 atom stereocenters. The summed E-state index contributed by atoms with van der Waals surface area (Å²) < 4.78 is 34.1. The van der Waals surface area contributed by atoms with Gasteiger partial charge in [-0.3, -0.25) is 9.50 Å². The Balaban J connectivity index is 1.33. The van der Waals surface area contributed by atoms with Crippen LogP contribution in [0.25, 0.3) is 16.7 Å². The second kappa shape index (κ2) is 6.37. The molecular weight excluding hydrogens is 404 g/mol. The highest BCUT2D eigenvalue weighted by molar-refractivity contribution is 5.94. The fraction of sp³-hybridized carbons (Fsp3) is 0.571. The Kier molecular flexibility index (Phi) is 3.90. The number of halogens is 2. The van der Waals surface area contributed by atoms with Crippen LogP contribution in [-0.4, -0.2) is 62.3 Å². The van der Waals surface area contributed by atoms with E-state index < -0.39 is 11.8 Å². The van der Waals surface area contributed by atoms with Crippen molar-refractivity contribution in [1.82, 2.24) is 24.6 Å². The van der Waals surface area contributed by atoms with E-state index in [2.05, 4.69) is 31.9 Å². The predicted molar refractivity (Wildman–Crippen MR) is 110 cm³/mol. The van der Waals surface area contributed by atoms with Crippen molar-refractivity contribution < 1.29 is 13.5 Å². The number of aromatic nitrogens is 5. The Morgan fingerprint density at radius 1 is 1.32 bits per heavy atom. The second-order valence-electron chi connectivity index (χ2n) is 9.01. The van der Waals surface area contributed by atoms with Gasteiger partial charge in [-0.05, 0) is 25.7 Å². The number of aromatic amines is 1. The lowest BCUT2D eigenvalue weighted by molar-refractivity contribution is 0.0973. The summed E-state index contributed by atoms with van der Waals surface area (Å²) in [6.45, 7) is 4.37. The molecule has 5 heterocycles. The average Bonchev–Trinajstić information content (AvgIpc) is 3.17. The van der Waals surface area contributed by atoms with Crippen molar-refractivity contribution in [2.45, 2.75) is 44.3 Å². The molecule has 162 valence electrons. The largest absolute Gasteiger partial charge is 0.376 e. The molecule has 3 aliphatic rings. The number of hydrogen-bond acceptors (Lipinski definition) is 6. The molecule has 0 bridgehead atoms. The maximum atomic E-state index is 13.2. The number of anilines is 1. The number of rotatable bonds is 1. The van der Waals surface area contributed by atoms with Gasteiger partial charge in [0, 0.05) is 43.4 Å². The minimum Gasteiger partial charge on any atom is -0.376 e. The van der Waals surface area contributed by atoms with E-state index in [1.54, 1.807) is 6.20 Å². The second-order valence-corrected chi connectivity index (χ2v) is 9.01. The molecule has 2 aliphatic heterocycles. The van der Waals surface area contributed by atoms with Crippen molar-refractivity contribution in [3.05, 3.63) is 18.1 Å². The van der Waals surface area contributed by atoms with Crippen LogP contribution in [0.1, 0.15) is 31.9 Å². The van der Waals surface area contributed by atoms with E-state index >= 15 is 0 Å². The lowest BCUT2D eigenvalue weighted by atomic mass is 9.73. The topological polar surface area (TPSA) is 97.4 Å². The fourth-order valence-corrected chi connectivity index (χ4v) is 4.89. The molecule has 0 radical (unpaired) electrons. The van der Waals surface area contributed by atoms with E-state index in [0.29, 0.717) is 29.0 Å². The zero-order valence-corrected chi connectivity index (χ0v) is 17.1. The first-order valence-corrected chi connectivity index (χ1v) is 10.6. The summed E-state index contributed by atoms with van der Waals surface area (Å²) in [4.78, 5) is 11.5. The van der Waals surface area contributed by atoms with Crippen LogP contribution in [0.5, 0.6) is 0 Å².